The summed E-state index contributed by atoms with van der Waals surface area (Å²) in [6.45, 7) is 2.78. The van der Waals surface area contributed by atoms with Crippen LogP contribution in [-0.4, -0.2) is 10.4 Å². The molecule has 1 aromatic heterocycles. The number of nitrogens with zero attached hydrogens (tertiary/aromatic N) is 1. The van der Waals surface area contributed by atoms with Crippen LogP contribution in [0.5, 0.6) is 0 Å². The summed E-state index contributed by atoms with van der Waals surface area (Å²) in [5.74, 6) is 0.0573. The van der Waals surface area contributed by atoms with Crippen molar-refractivity contribution in [3.8, 4) is 11.3 Å². The Bertz CT molecular complexity index is 1350. The standard InChI is InChI=1S/C29H23NO/c1-21-17-18-26-25(19-21)27(29(31)24-15-9-4-10-16-24)28(23-13-7-3-8-14-23)30(26)20-22-11-5-2-6-12-22/h2-19H,20H2,1H3. The number of hydrogen-bond donors (Lipinski definition) is 0. The van der Waals surface area contributed by atoms with Crippen LogP contribution in [-0.2, 0) is 6.54 Å². The lowest BCUT2D eigenvalue weighted by molar-refractivity contribution is 0.104. The molecular formula is C29H23NO. The summed E-state index contributed by atoms with van der Waals surface area (Å²) in [5.41, 5.74) is 6.92. The molecule has 0 aliphatic carbocycles. The molecule has 31 heavy (non-hydrogen) atoms. The third-order valence-electron chi connectivity index (χ3n) is 5.71. The van der Waals surface area contributed by atoms with E-state index in [0.29, 0.717) is 12.1 Å². The lowest BCUT2D eigenvalue weighted by Crippen LogP contribution is -2.06. The van der Waals surface area contributed by atoms with Crippen molar-refractivity contribution in [3.63, 3.8) is 0 Å². The zero-order valence-electron chi connectivity index (χ0n) is 17.5. The van der Waals surface area contributed by atoms with Crippen molar-refractivity contribution >= 4 is 16.7 Å². The van der Waals surface area contributed by atoms with Gasteiger partial charge in [0, 0.05) is 23.0 Å². The number of aromatic nitrogens is 1. The molecule has 0 saturated carbocycles. The molecule has 4 aromatic carbocycles. The van der Waals surface area contributed by atoms with Gasteiger partial charge in [-0.2, -0.15) is 0 Å². The molecular weight excluding hydrogens is 378 g/mol. The van der Waals surface area contributed by atoms with Crippen LogP contribution in [0.15, 0.2) is 109 Å². The number of fused-ring (bicyclic) bond motifs is 1. The second kappa shape index (κ2) is 8.08. The van der Waals surface area contributed by atoms with Crippen molar-refractivity contribution in [2.24, 2.45) is 0 Å². The Balaban J connectivity index is 1.84. The number of hydrogen-bond acceptors (Lipinski definition) is 1. The Labute approximate surface area is 182 Å². The Morgan fingerprint density at radius 1 is 0.742 bits per heavy atom. The number of rotatable bonds is 5. The van der Waals surface area contributed by atoms with Gasteiger partial charge < -0.3 is 4.57 Å². The van der Waals surface area contributed by atoms with Gasteiger partial charge in [-0.05, 0) is 30.2 Å². The van der Waals surface area contributed by atoms with Crippen molar-refractivity contribution < 1.29 is 4.79 Å². The highest BCUT2D eigenvalue weighted by atomic mass is 16.1. The third-order valence-corrected chi connectivity index (χ3v) is 5.71. The lowest BCUT2D eigenvalue weighted by Gasteiger charge is -2.13. The maximum atomic E-state index is 13.8. The van der Waals surface area contributed by atoms with E-state index in [-0.39, 0.29) is 5.78 Å². The minimum Gasteiger partial charge on any atom is -0.335 e. The first kappa shape index (κ1) is 19.1. The highest BCUT2D eigenvalue weighted by molar-refractivity contribution is 6.20. The highest BCUT2D eigenvalue weighted by Crippen LogP contribution is 2.36. The second-order valence-electron chi connectivity index (χ2n) is 7.88. The first-order chi connectivity index (χ1) is 15.2. The number of aryl methyl sites for hydroxylation is 1. The lowest BCUT2D eigenvalue weighted by atomic mass is 9.96. The van der Waals surface area contributed by atoms with Gasteiger partial charge in [0.05, 0.1) is 11.3 Å². The van der Waals surface area contributed by atoms with E-state index in [1.165, 1.54) is 5.56 Å². The molecule has 0 bridgehead atoms. The fourth-order valence-electron chi connectivity index (χ4n) is 4.26. The minimum atomic E-state index is 0.0573. The molecule has 2 heteroatoms. The van der Waals surface area contributed by atoms with Gasteiger partial charge >= 0.3 is 0 Å². The molecule has 150 valence electrons. The van der Waals surface area contributed by atoms with Gasteiger partial charge in [0.15, 0.2) is 5.78 Å². The van der Waals surface area contributed by atoms with Crippen molar-refractivity contribution in [3.05, 3.63) is 131 Å². The van der Waals surface area contributed by atoms with Gasteiger partial charge in [-0.3, -0.25) is 4.79 Å². The smallest absolute Gasteiger partial charge is 0.195 e. The van der Waals surface area contributed by atoms with Crippen LogP contribution in [0, 0.1) is 6.92 Å². The SMILES string of the molecule is Cc1ccc2c(c1)c(C(=O)c1ccccc1)c(-c1ccccc1)n2Cc1ccccc1. The van der Waals surface area contributed by atoms with Crippen LogP contribution >= 0.6 is 0 Å². The maximum Gasteiger partial charge on any atom is 0.195 e. The molecule has 0 unspecified atom stereocenters. The summed E-state index contributed by atoms with van der Waals surface area (Å²) in [7, 11) is 0. The van der Waals surface area contributed by atoms with Gasteiger partial charge in [0.2, 0.25) is 0 Å². The van der Waals surface area contributed by atoms with E-state index in [1.807, 2.05) is 54.6 Å². The summed E-state index contributed by atoms with van der Waals surface area (Å²) < 4.78 is 2.29. The molecule has 0 fully saturated rings. The Hall–Kier alpha value is -3.91. The van der Waals surface area contributed by atoms with Gasteiger partial charge in [0.25, 0.3) is 0 Å². The predicted octanol–water partition coefficient (Wildman–Crippen LogP) is 6.90. The topological polar surface area (TPSA) is 22.0 Å². The van der Waals surface area contributed by atoms with Crippen LogP contribution in [0.25, 0.3) is 22.2 Å². The normalized spacial score (nSPS) is 11.0. The molecule has 0 atom stereocenters. The monoisotopic (exact) mass is 401 g/mol. The number of carbonyl (C=O) groups excluding carboxylic acids is 1. The van der Waals surface area contributed by atoms with Gasteiger partial charge in [-0.15, -0.1) is 0 Å². The van der Waals surface area contributed by atoms with E-state index in [2.05, 4.69) is 66.1 Å². The van der Waals surface area contributed by atoms with Gasteiger partial charge in [0.1, 0.15) is 0 Å². The fraction of sp³-hybridized carbons (Fsp3) is 0.0690. The van der Waals surface area contributed by atoms with Crippen LogP contribution in [0.2, 0.25) is 0 Å². The molecule has 2 nitrogen and oxygen atoms in total. The Morgan fingerprint density at radius 2 is 1.35 bits per heavy atom. The number of ketones is 1. The van der Waals surface area contributed by atoms with Crippen molar-refractivity contribution in [2.45, 2.75) is 13.5 Å². The van der Waals surface area contributed by atoms with Crippen LogP contribution in [0.1, 0.15) is 27.0 Å². The minimum absolute atomic E-state index is 0.0573. The van der Waals surface area contributed by atoms with Crippen molar-refractivity contribution in [1.29, 1.82) is 0 Å². The average Bonchev–Trinajstić information content (AvgIpc) is 3.13. The van der Waals surface area contributed by atoms with E-state index in [9.17, 15) is 4.79 Å². The first-order valence-electron chi connectivity index (χ1n) is 10.5. The second-order valence-corrected chi connectivity index (χ2v) is 7.88. The molecule has 0 aliphatic rings. The molecule has 0 N–H and O–H groups in total. The Kier molecular flexibility index (Phi) is 4.97. The van der Waals surface area contributed by atoms with E-state index < -0.39 is 0 Å². The summed E-state index contributed by atoms with van der Waals surface area (Å²) >= 11 is 0. The van der Waals surface area contributed by atoms with E-state index in [0.717, 1.165) is 33.3 Å². The molecule has 5 rings (SSSR count). The summed E-state index contributed by atoms with van der Waals surface area (Å²) in [4.78, 5) is 13.8. The number of carbonyl (C=O) groups is 1. The van der Waals surface area contributed by atoms with Gasteiger partial charge in [-0.25, -0.2) is 0 Å². The summed E-state index contributed by atoms with van der Waals surface area (Å²) in [6.07, 6.45) is 0. The maximum absolute atomic E-state index is 13.8. The van der Waals surface area contributed by atoms with Crippen molar-refractivity contribution in [2.75, 3.05) is 0 Å². The zero-order valence-corrected chi connectivity index (χ0v) is 17.5. The van der Waals surface area contributed by atoms with Crippen LogP contribution < -0.4 is 0 Å². The van der Waals surface area contributed by atoms with Crippen LogP contribution in [0.4, 0.5) is 0 Å². The molecule has 0 radical (unpaired) electrons. The number of benzene rings is 4. The summed E-state index contributed by atoms with van der Waals surface area (Å²) in [6, 6.07) is 36.6. The molecule has 0 saturated heterocycles. The van der Waals surface area contributed by atoms with E-state index in [1.54, 1.807) is 0 Å². The quantitative estimate of drug-likeness (QED) is 0.294. The van der Waals surface area contributed by atoms with E-state index in [4.69, 9.17) is 0 Å². The van der Waals surface area contributed by atoms with E-state index >= 15 is 0 Å². The molecule has 5 aromatic rings. The highest BCUT2D eigenvalue weighted by Gasteiger charge is 2.24. The van der Waals surface area contributed by atoms with Gasteiger partial charge in [-0.1, -0.05) is 103 Å². The van der Waals surface area contributed by atoms with Crippen LogP contribution in [0.3, 0.4) is 0 Å². The molecule has 0 amide bonds. The third kappa shape index (κ3) is 3.57. The van der Waals surface area contributed by atoms with Crippen molar-refractivity contribution in [1.82, 2.24) is 4.57 Å². The largest absolute Gasteiger partial charge is 0.335 e. The average molecular weight is 402 g/mol. The molecule has 0 aliphatic heterocycles. The summed E-state index contributed by atoms with van der Waals surface area (Å²) in [5, 5.41) is 1.00. The fourth-order valence-corrected chi connectivity index (χ4v) is 4.26. The molecule has 1 heterocycles. The Morgan fingerprint density at radius 3 is 2.03 bits per heavy atom. The zero-order chi connectivity index (χ0) is 21.2. The first-order valence-corrected chi connectivity index (χ1v) is 10.5. The predicted molar refractivity (Wildman–Crippen MR) is 128 cm³/mol. The molecule has 0 spiro atoms.